The minimum Gasteiger partial charge on any atom is -0.394 e. The van der Waals surface area contributed by atoms with E-state index < -0.39 is 49.5 Å². The van der Waals surface area contributed by atoms with Crippen LogP contribution in [-0.2, 0) is 14.3 Å². The van der Waals surface area contributed by atoms with Gasteiger partial charge in [0, 0.05) is 6.42 Å². The molecule has 1 saturated heterocycles. The van der Waals surface area contributed by atoms with Crippen molar-refractivity contribution in [2.45, 2.75) is 352 Å². The molecule has 0 aromatic carbocycles. The topological polar surface area (TPSA) is 149 Å². The summed E-state index contributed by atoms with van der Waals surface area (Å²) in [4.78, 5) is 13.1. The van der Waals surface area contributed by atoms with Crippen LogP contribution < -0.4 is 5.32 Å². The molecule has 7 unspecified atom stereocenters. The van der Waals surface area contributed by atoms with E-state index in [0.717, 1.165) is 89.9 Å². The lowest BCUT2D eigenvalue weighted by atomic mass is 9.99. The number of hydrogen-bond acceptors (Lipinski definition) is 8. The predicted molar refractivity (Wildman–Crippen MR) is 327 cm³/mol. The van der Waals surface area contributed by atoms with E-state index in [-0.39, 0.29) is 12.5 Å². The summed E-state index contributed by atoms with van der Waals surface area (Å²) in [5, 5.41) is 54.8. The molecule has 0 bridgehead atoms. The van der Waals surface area contributed by atoms with Gasteiger partial charge in [0.15, 0.2) is 6.29 Å². The number of hydrogen-bond donors (Lipinski definition) is 6. The summed E-state index contributed by atoms with van der Waals surface area (Å²) in [5.41, 5.74) is 0. The van der Waals surface area contributed by atoms with Crippen LogP contribution in [0.4, 0.5) is 0 Å². The number of rotatable bonds is 57. The van der Waals surface area contributed by atoms with Crippen LogP contribution in [0.15, 0.2) is 60.8 Å². The number of aliphatic hydroxyl groups excluding tert-OH is 5. The Morgan fingerprint density at radius 2 is 0.805 bits per heavy atom. The van der Waals surface area contributed by atoms with E-state index in [1.165, 1.54) is 193 Å². The number of amides is 1. The molecule has 0 aliphatic carbocycles. The van der Waals surface area contributed by atoms with E-state index in [2.05, 4.69) is 79.9 Å². The van der Waals surface area contributed by atoms with Gasteiger partial charge in [0.2, 0.25) is 5.91 Å². The first-order valence-corrected chi connectivity index (χ1v) is 33.0. The van der Waals surface area contributed by atoms with E-state index in [9.17, 15) is 30.3 Å². The van der Waals surface area contributed by atoms with Gasteiger partial charge in [0.1, 0.15) is 24.4 Å². The minimum atomic E-state index is -1.56. The van der Waals surface area contributed by atoms with Crippen molar-refractivity contribution >= 4 is 5.91 Å². The van der Waals surface area contributed by atoms with Crippen molar-refractivity contribution in [3.63, 3.8) is 0 Å². The van der Waals surface area contributed by atoms with E-state index in [1.54, 1.807) is 0 Å². The summed E-state index contributed by atoms with van der Waals surface area (Å²) in [6.07, 6.45) is 71.4. The standard InChI is InChI=1S/C68H125NO8/c1-3-5-7-9-11-13-15-17-19-21-23-25-26-27-28-29-30-31-32-33-34-35-36-38-39-41-43-45-47-49-51-53-55-57-62(71)61(60-76-68-67(75)66(74)65(73)63(59-70)77-68)69-64(72)58-56-54-52-50-48-46-44-42-40-37-24-22-20-18-16-14-12-10-8-6-4-2/h6,8,12,14,18,20,24,37,42,44,61-63,65-68,70-71,73-75H,3-5,7,9-11,13,15-17,19,21-23,25-36,38-41,43,45-60H2,1-2H3,(H,69,72)/b8-6-,14-12-,20-18-,37-24-,44-42-. The fourth-order valence-electron chi connectivity index (χ4n) is 10.5. The Labute approximate surface area is 475 Å². The molecule has 450 valence electrons. The molecule has 6 N–H and O–H groups in total. The quantitative estimate of drug-likeness (QED) is 0.0261. The zero-order valence-corrected chi connectivity index (χ0v) is 50.2. The second-order valence-corrected chi connectivity index (χ2v) is 22.9. The molecule has 7 atom stereocenters. The van der Waals surface area contributed by atoms with Crippen LogP contribution in [-0.4, -0.2) is 87.5 Å². The van der Waals surface area contributed by atoms with Crippen molar-refractivity contribution in [2.24, 2.45) is 0 Å². The SMILES string of the molecule is CC/C=C\C/C=C\C/C=C\C/C=C\C/C=C\CCCCCCCC(=O)NC(COC1OC(CO)C(O)C(O)C1O)C(O)CCCCCCCCCCCCCCCCCCCCCCCCCCCCCCCCCCC. The first-order chi connectivity index (χ1) is 37.8. The van der Waals surface area contributed by atoms with Gasteiger partial charge in [0.05, 0.1) is 25.4 Å². The molecule has 1 aliphatic heterocycles. The smallest absolute Gasteiger partial charge is 0.220 e. The zero-order chi connectivity index (χ0) is 55.8. The van der Waals surface area contributed by atoms with Gasteiger partial charge in [-0.05, 0) is 57.8 Å². The number of ether oxygens (including phenoxy) is 2. The van der Waals surface area contributed by atoms with Crippen LogP contribution in [0, 0.1) is 0 Å². The molecule has 1 fully saturated rings. The molecule has 0 aromatic heterocycles. The molecule has 77 heavy (non-hydrogen) atoms. The van der Waals surface area contributed by atoms with E-state index >= 15 is 0 Å². The molecule has 0 spiro atoms. The summed E-state index contributed by atoms with van der Waals surface area (Å²) in [5.74, 6) is -0.161. The van der Waals surface area contributed by atoms with E-state index in [1.807, 2.05) is 0 Å². The number of carbonyl (C=O) groups is 1. The highest BCUT2D eigenvalue weighted by Crippen LogP contribution is 2.23. The Balaban J connectivity index is 2.13. The highest BCUT2D eigenvalue weighted by atomic mass is 16.7. The van der Waals surface area contributed by atoms with Crippen molar-refractivity contribution < 1.29 is 39.8 Å². The summed E-state index contributed by atoms with van der Waals surface area (Å²) in [7, 11) is 0. The fourth-order valence-corrected chi connectivity index (χ4v) is 10.5. The molecule has 1 heterocycles. The van der Waals surface area contributed by atoms with Crippen LogP contribution in [0.2, 0.25) is 0 Å². The van der Waals surface area contributed by atoms with Crippen molar-refractivity contribution in [1.82, 2.24) is 5.32 Å². The van der Waals surface area contributed by atoms with Gasteiger partial charge in [-0.1, -0.05) is 306 Å². The van der Waals surface area contributed by atoms with Crippen LogP contribution in [0.5, 0.6) is 0 Å². The Hall–Kier alpha value is -2.11. The van der Waals surface area contributed by atoms with E-state index in [0.29, 0.717) is 12.8 Å². The molecule has 0 saturated carbocycles. The monoisotopic (exact) mass is 1080 g/mol. The highest BCUT2D eigenvalue weighted by Gasteiger charge is 2.44. The lowest BCUT2D eigenvalue weighted by Gasteiger charge is -2.40. The Morgan fingerprint density at radius 1 is 0.455 bits per heavy atom. The summed E-state index contributed by atoms with van der Waals surface area (Å²) >= 11 is 0. The Morgan fingerprint density at radius 3 is 1.19 bits per heavy atom. The molecule has 1 aliphatic rings. The molecular weight excluding hydrogens is 959 g/mol. The van der Waals surface area contributed by atoms with Crippen LogP contribution >= 0.6 is 0 Å². The van der Waals surface area contributed by atoms with Crippen LogP contribution in [0.1, 0.15) is 309 Å². The second kappa shape index (κ2) is 57.1. The highest BCUT2D eigenvalue weighted by molar-refractivity contribution is 5.76. The van der Waals surface area contributed by atoms with Crippen molar-refractivity contribution in [3.05, 3.63) is 60.8 Å². The normalized spacial score (nSPS) is 19.1. The number of nitrogens with one attached hydrogen (secondary N) is 1. The maximum absolute atomic E-state index is 13.1. The number of aliphatic hydroxyl groups is 5. The average molecular weight is 1080 g/mol. The molecular formula is C68H125NO8. The number of allylic oxidation sites excluding steroid dienone is 10. The second-order valence-electron chi connectivity index (χ2n) is 22.9. The third-order valence-corrected chi connectivity index (χ3v) is 15.6. The van der Waals surface area contributed by atoms with Gasteiger partial charge in [-0.3, -0.25) is 4.79 Å². The fraction of sp³-hybridized carbons (Fsp3) is 0.838. The minimum absolute atomic E-state index is 0.148. The first-order valence-electron chi connectivity index (χ1n) is 33.0. The number of unbranched alkanes of at least 4 members (excludes halogenated alkanes) is 37. The third-order valence-electron chi connectivity index (χ3n) is 15.6. The first kappa shape index (κ1) is 72.9. The van der Waals surface area contributed by atoms with Crippen molar-refractivity contribution in [1.29, 1.82) is 0 Å². The van der Waals surface area contributed by atoms with Gasteiger partial charge in [0.25, 0.3) is 0 Å². The maximum atomic E-state index is 13.1. The average Bonchev–Trinajstić information content (AvgIpc) is 3.43. The molecule has 9 nitrogen and oxygen atoms in total. The summed E-state index contributed by atoms with van der Waals surface area (Å²) in [6.45, 7) is 3.74. The van der Waals surface area contributed by atoms with Gasteiger partial charge in [-0.15, -0.1) is 0 Å². The Kier molecular flexibility index (Phi) is 54.1. The lowest BCUT2D eigenvalue weighted by Crippen LogP contribution is -2.60. The maximum Gasteiger partial charge on any atom is 0.220 e. The third kappa shape index (κ3) is 46.2. The molecule has 0 aromatic rings. The van der Waals surface area contributed by atoms with Gasteiger partial charge < -0.3 is 40.3 Å². The summed E-state index contributed by atoms with van der Waals surface area (Å²) in [6, 6.07) is -0.735. The number of carbonyl (C=O) groups excluding carboxylic acids is 1. The van der Waals surface area contributed by atoms with Gasteiger partial charge >= 0.3 is 0 Å². The van der Waals surface area contributed by atoms with Gasteiger partial charge in [-0.25, -0.2) is 0 Å². The molecule has 1 rings (SSSR count). The zero-order valence-electron chi connectivity index (χ0n) is 50.2. The van der Waals surface area contributed by atoms with Gasteiger partial charge in [-0.2, -0.15) is 0 Å². The lowest BCUT2D eigenvalue weighted by molar-refractivity contribution is -0.302. The molecule has 9 heteroatoms. The predicted octanol–water partition coefficient (Wildman–Crippen LogP) is 17.4. The van der Waals surface area contributed by atoms with Crippen molar-refractivity contribution in [3.8, 4) is 0 Å². The van der Waals surface area contributed by atoms with Crippen molar-refractivity contribution in [2.75, 3.05) is 13.2 Å². The Bertz CT molecular complexity index is 1400. The molecule has 1 amide bonds. The summed E-state index contributed by atoms with van der Waals surface area (Å²) < 4.78 is 11.3. The molecule has 0 radical (unpaired) electrons. The largest absolute Gasteiger partial charge is 0.394 e. The van der Waals surface area contributed by atoms with Crippen LogP contribution in [0.25, 0.3) is 0 Å². The van der Waals surface area contributed by atoms with Crippen LogP contribution in [0.3, 0.4) is 0 Å². The van der Waals surface area contributed by atoms with E-state index in [4.69, 9.17) is 9.47 Å².